The number of aromatic nitrogens is 2. The molecule has 1 unspecified atom stereocenters. The number of hydrogen-bond acceptors (Lipinski definition) is 6. The molecule has 1 aliphatic heterocycles. The molecule has 1 aliphatic rings. The molecule has 1 aromatic carbocycles. The van der Waals surface area contributed by atoms with Crippen molar-refractivity contribution in [3.05, 3.63) is 42.2 Å². The lowest BCUT2D eigenvalue weighted by molar-refractivity contribution is 0.112. The average molecular weight is 327 g/mol. The standard InChI is InChI=1S/C18H21N3O3/c22-11-7-14-2-1-10-21(12-14)17-18(20-9-8-19-17)24-16-5-3-15(13-23)4-6-16/h3-6,8-9,13-14,22H,1-2,7,10-12H2. The Morgan fingerprint density at radius 3 is 2.79 bits per heavy atom. The molecule has 6 heteroatoms. The molecule has 0 bridgehead atoms. The third-order valence-corrected chi connectivity index (χ3v) is 4.23. The Bertz CT molecular complexity index is 673. The highest BCUT2D eigenvalue weighted by atomic mass is 16.5. The first kappa shape index (κ1) is 16.4. The number of carbonyl (C=O) groups is 1. The molecule has 0 radical (unpaired) electrons. The van der Waals surface area contributed by atoms with Crippen molar-refractivity contribution in [2.24, 2.45) is 5.92 Å². The maximum absolute atomic E-state index is 10.7. The monoisotopic (exact) mass is 327 g/mol. The van der Waals surface area contributed by atoms with E-state index in [4.69, 9.17) is 4.74 Å². The summed E-state index contributed by atoms with van der Waals surface area (Å²) >= 11 is 0. The maximum atomic E-state index is 10.7. The highest BCUT2D eigenvalue weighted by Crippen LogP contribution is 2.31. The van der Waals surface area contributed by atoms with Gasteiger partial charge in [0.1, 0.15) is 12.0 Å². The van der Waals surface area contributed by atoms with Crippen LogP contribution in [0.4, 0.5) is 5.82 Å². The molecule has 1 fully saturated rings. The van der Waals surface area contributed by atoms with E-state index >= 15 is 0 Å². The molecule has 126 valence electrons. The van der Waals surface area contributed by atoms with E-state index in [1.54, 1.807) is 36.7 Å². The molecule has 24 heavy (non-hydrogen) atoms. The van der Waals surface area contributed by atoms with Crippen LogP contribution in [0.15, 0.2) is 36.7 Å². The van der Waals surface area contributed by atoms with Gasteiger partial charge in [0.15, 0.2) is 5.82 Å². The van der Waals surface area contributed by atoms with Crippen LogP contribution >= 0.6 is 0 Å². The number of ether oxygens (including phenoxy) is 1. The summed E-state index contributed by atoms with van der Waals surface area (Å²) in [6.45, 7) is 1.96. The van der Waals surface area contributed by atoms with E-state index in [0.717, 1.165) is 44.5 Å². The smallest absolute Gasteiger partial charge is 0.263 e. The van der Waals surface area contributed by atoms with Crippen molar-refractivity contribution in [1.82, 2.24) is 9.97 Å². The summed E-state index contributed by atoms with van der Waals surface area (Å²) in [7, 11) is 0. The van der Waals surface area contributed by atoms with Gasteiger partial charge in [-0.25, -0.2) is 9.97 Å². The Labute approximate surface area is 141 Å². The summed E-state index contributed by atoms with van der Waals surface area (Å²) in [6, 6.07) is 6.90. The Kier molecular flexibility index (Phi) is 5.38. The van der Waals surface area contributed by atoms with Crippen molar-refractivity contribution in [1.29, 1.82) is 0 Å². The summed E-state index contributed by atoms with van der Waals surface area (Å²) in [6.07, 6.45) is 7.06. The number of rotatable bonds is 6. The summed E-state index contributed by atoms with van der Waals surface area (Å²) in [5, 5.41) is 9.17. The number of aliphatic hydroxyl groups excluding tert-OH is 1. The minimum Gasteiger partial charge on any atom is -0.436 e. The third-order valence-electron chi connectivity index (χ3n) is 4.23. The van der Waals surface area contributed by atoms with Crippen molar-refractivity contribution in [3.63, 3.8) is 0 Å². The van der Waals surface area contributed by atoms with Crippen LogP contribution in [0.1, 0.15) is 29.6 Å². The molecular weight excluding hydrogens is 306 g/mol. The number of benzene rings is 1. The van der Waals surface area contributed by atoms with E-state index in [2.05, 4.69) is 14.9 Å². The number of hydrogen-bond donors (Lipinski definition) is 1. The van der Waals surface area contributed by atoms with Crippen LogP contribution in [0, 0.1) is 5.92 Å². The van der Waals surface area contributed by atoms with Gasteiger partial charge in [-0.15, -0.1) is 0 Å². The van der Waals surface area contributed by atoms with Crippen molar-refractivity contribution >= 4 is 12.1 Å². The molecule has 2 aromatic rings. The number of carbonyl (C=O) groups excluding carboxylic acids is 1. The van der Waals surface area contributed by atoms with Crippen LogP contribution in [0.25, 0.3) is 0 Å². The third kappa shape index (κ3) is 3.89. The zero-order valence-corrected chi connectivity index (χ0v) is 13.5. The van der Waals surface area contributed by atoms with Gasteiger partial charge in [0.05, 0.1) is 0 Å². The second-order valence-corrected chi connectivity index (χ2v) is 5.94. The first-order valence-electron chi connectivity index (χ1n) is 8.20. The zero-order valence-electron chi connectivity index (χ0n) is 13.5. The Morgan fingerprint density at radius 2 is 2.04 bits per heavy atom. The summed E-state index contributed by atoms with van der Waals surface area (Å²) in [5.41, 5.74) is 0.601. The number of nitrogens with zero attached hydrogens (tertiary/aromatic N) is 3. The molecular formula is C18H21N3O3. The lowest BCUT2D eigenvalue weighted by Crippen LogP contribution is -2.36. The van der Waals surface area contributed by atoms with E-state index < -0.39 is 0 Å². The number of aldehydes is 1. The van der Waals surface area contributed by atoms with Gasteiger partial charge in [0.25, 0.3) is 5.88 Å². The topological polar surface area (TPSA) is 75.5 Å². The second-order valence-electron chi connectivity index (χ2n) is 5.94. The van der Waals surface area contributed by atoms with E-state index in [0.29, 0.717) is 23.1 Å². The van der Waals surface area contributed by atoms with Gasteiger partial charge in [0, 0.05) is 37.7 Å². The van der Waals surface area contributed by atoms with Gasteiger partial charge in [-0.3, -0.25) is 4.79 Å². The zero-order chi connectivity index (χ0) is 16.8. The first-order valence-corrected chi connectivity index (χ1v) is 8.20. The molecule has 0 spiro atoms. The van der Waals surface area contributed by atoms with Crippen LogP contribution < -0.4 is 9.64 Å². The Balaban J connectivity index is 1.78. The van der Waals surface area contributed by atoms with Crippen LogP contribution in [-0.4, -0.2) is 41.1 Å². The fraction of sp³-hybridized carbons (Fsp3) is 0.389. The Hall–Kier alpha value is -2.47. The van der Waals surface area contributed by atoms with Crippen LogP contribution in [0.5, 0.6) is 11.6 Å². The van der Waals surface area contributed by atoms with Gasteiger partial charge < -0.3 is 14.7 Å². The molecule has 1 N–H and O–H groups in total. The van der Waals surface area contributed by atoms with Crippen LogP contribution in [0.3, 0.4) is 0 Å². The van der Waals surface area contributed by atoms with Gasteiger partial charge in [-0.1, -0.05) is 0 Å². The minimum atomic E-state index is 0.214. The largest absolute Gasteiger partial charge is 0.436 e. The van der Waals surface area contributed by atoms with E-state index in [1.165, 1.54) is 0 Å². The molecule has 1 aromatic heterocycles. The van der Waals surface area contributed by atoms with Crippen molar-refractivity contribution in [2.45, 2.75) is 19.3 Å². The molecule has 3 rings (SSSR count). The fourth-order valence-electron chi connectivity index (χ4n) is 3.01. The lowest BCUT2D eigenvalue weighted by atomic mass is 9.95. The lowest BCUT2D eigenvalue weighted by Gasteiger charge is -2.33. The number of aliphatic hydroxyl groups is 1. The molecule has 2 heterocycles. The van der Waals surface area contributed by atoms with Gasteiger partial charge in [-0.05, 0) is 49.4 Å². The molecule has 0 aliphatic carbocycles. The van der Waals surface area contributed by atoms with E-state index in [1.807, 2.05) is 0 Å². The molecule has 1 atom stereocenters. The highest BCUT2D eigenvalue weighted by Gasteiger charge is 2.23. The summed E-state index contributed by atoms with van der Waals surface area (Å²) in [4.78, 5) is 21.7. The summed E-state index contributed by atoms with van der Waals surface area (Å²) < 4.78 is 5.88. The molecule has 0 amide bonds. The minimum absolute atomic E-state index is 0.214. The predicted molar refractivity (Wildman–Crippen MR) is 90.6 cm³/mol. The van der Waals surface area contributed by atoms with E-state index in [-0.39, 0.29) is 6.61 Å². The molecule has 6 nitrogen and oxygen atoms in total. The number of piperidine rings is 1. The van der Waals surface area contributed by atoms with Gasteiger partial charge in [0.2, 0.25) is 0 Å². The SMILES string of the molecule is O=Cc1ccc(Oc2nccnc2N2CCCC(CCO)C2)cc1. The van der Waals surface area contributed by atoms with Crippen LogP contribution in [-0.2, 0) is 0 Å². The maximum Gasteiger partial charge on any atom is 0.263 e. The quantitative estimate of drug-likeness (QED) is 0.822. The number of anilines is 1. The average Bonchev–Trinajstić information content (AvgIpc) is 2.63. The first-order chi connectivity index (χ1) is 11.8. The van der Waals surface area contributed by atoms with Crippen molar-refractivity contribution < 1.29 is 14.6 Å². The van der Waals surface area contributed by atoms with Crippen LogP contribution in [0.2, 0.25) is 0 Å². The fourth-order valence-corrected chi connectivity index (χ4v) is 3.01. The second kappa shape index (κ2) is 7.88. The predicted octanol–water partition coefficient (Wildman–Crippen LogP) is 2.68. The van der Waals surface area contributed by atoms with Crippen molar-refractivity contribution in [2.75, 3.05) is 24.6 Å². The molecule has 1 saturated heterocycles. The van der Waals surface area contributed by atoms with E-state index in [9.17, 15) is 9.90 Å². The van der Waals surface area contributed by atoms with Gasteiger partial charge in [-0.2, -0.15) is 0 Å². The highest BCUT2D eigenvalue weighted by molar-refractivity contribution is 5.74. The molecule has 0 saturated carbocycles. The van der Waals surface area contributed by atoms with Gasteiger partial charge >= 0.3 is 0 Å². The van der Waals surface area contributed by atoms with Crippen molar-refractivity contribution in [3.8, 4) is 11.6 Å². The normalized spacial score (nSPS) is 17.5. The Morgan fingerprint density at radius 1 is 1.25 bits per heavy atom. The summed E-state index contributed by atoms with van der Waals surface area (Å²) in [5.74, 6) is 2.26.